The van der Waals surface area contributed by atoms with Crippen LogP contribution >= 0.6 is 0 Å². The number of alkyl halides is 3. The number of hydrogen-bond acceptors (Lipinski definition) is 2. The van der Waals surface area contributed by atoms with Crippen LogP contribution in [0.25, 0.3) is 0 Å². The van der Waals surface area contributed by atoms with Crippen LogP contribution < -0.4 is 0 Å². The molecule has 0 unspecified atom stereocenters. The lowest BCUT2D eigenvalue weighted by Crippen LogP contribution is -2.16. The van der Waals surface area contributed by atoms with Crippen LogP contribution in [0.3, 0.4) is 0 Å². The molecule has 0 aliphatic heterocycles. The Hall–Kier alpha value is -0.523. The predicted molar refractivity (Wildman–Crippen MR) is 45.0 cm³/mol. The van der Waals surface area contributed by atoms with Crippen LogP contribution in [0.1, 0.15) is 20.3 Å². The zero-order valence-corrected chi connectivity index (χ0v) is 9.06. The molecule has 0 aliphatic rings. The van der Waals surface area contributed by atoms with Gasteiger partial charge in [-0.15, -0.1) is 0 Å². The summed E-state index contributed by atoms with van der Waals surface area (Å²) in [5.41, 5.74) is 0. The van der Waals surface area contributed by atoms with E-state index in [-0.39, 0.29) is 12.0 Å². The Bertz CT molecular complexity index is 168. The van der Waals surface area contributed by atoms with E-state index in [0.29, 0.717) is 0 Å². The maximum Gasteiger partial charge on any atom is 0.388 e. The fourth-order valence-corrected chi connectivity index (χ4v) is 1.84. The third-order valence-corrected chi connectivity index (χ3v) is 2.45. The molecule has 0 aromatic heterocycles. The van der Waals surface area contributed by atoms with Gasteiger partial charge in [0.05, 0.1) is 0 Å². The van der Waals surface area contributed by atoms with Crippen molar-refractivity contribution in [2.24, 2.45) is 5.92 Å². The van der Waals surface area contributed by atoms with Crippen molar-refractivity contribution in [2.45, 2.75) is 32.5 Å². The Morgan fingerprint density at radius 1 is 1.46 bits per heavy atom. The van der Waals surface area contributed by atoms with Gasteiger partial charge >= 0.3 is 6.18 Å². The van der Waals surface area contributed by atoms with Crippen molar-refractivity contribution in [3.63, 3.8) is 0 Å². The van der Waals surface area contributed by atoms with Crippen LogP contribution in [0.4, 0.5) is 13.2 Å². The lowest BCUT2D eigenvalue weighted by molar-refractivity contribution is -0.139. The van der Waals surface area contributed by atoms with Crippen LogP contribution in [0, 0.1) is 5.92 Å². The molecule has 13 heavy (non-hydrogen) atoms. The van der Waals surface area contributed by atoms with Gasteiger partial charge in [-0.05, 0) is 6.04 Å². The van der Waals surface area contributed by atoms with Gasteiger partial charge in [0.25, 0.3) is 5.97 Å². The van der Waals surface area contributed by atoms with E-state index >= 15 is 0 Å². The molecule has 0 heterocycles. The van der Waals surface area contributed by atoms with Crippen molar-refractivity contribution in [1.29, 1.82) is 0 Å². The van der Waals surface area contributed by atoms with Crippen LogP contribution in [0.5, 0.6) is 0 Å². The molecule has 0 spiro atoms. The van der Waals surface area contributed by atoms with E-state index in [2.05, 4.69) is 0 Å². The van der Waals surface area contributed by atoms with Gasteiger partial charge in [-0.25, -0.2) is 0 Å². The van der Waals surface area contributed by atoms with Gasteiger partial charge in [0, 0.05) is 12.3 Å². The zero-order valence-electron chi connectivity index (χ0n) is 7.65. The highest BCUT2D eigenvalue weighted by Crippen LogP contribution is 2.21. The van der Waals surface area contributed by atoms with Crippen LogP contribution in [0.2, 0.25) is 6.04 Å². The predicted octanol–water partition coefficient (Wildman–Crippen LogP) is 1.64. The monoisotopic (exact) mass is 214 g/mol. The summed E-state index contributed by atoms with van der Waals surface area (Å²) in [5, 5.41) is 0. The summed E-state index contributed by atoms with van der Waals surface area (Å²) in [4.78, 5) is 10.8. The molecule has 0 aromatic rings. The van der Waals surface area contributed by atoms with Gasteiger partial charge < -0.3 is 4.43 Å². The number of carbonyl (C=O) groups excluding carboxylic acids is 1. The number of halogens is 3. The van der Waals surface area contributed by atoms with Crippen molar-refractivity contribution in [2.75, 3.05) is 0 Å². The average Bonchev–Trinajstić information content (AvgIpc) is 1.95. The molecule has 0 atom stereocenters. The van der Waals surface area contributed by atoms with E-state index in [4.69, 9.17) is 4.43 Å². The van der Waals surface area contributed by atoms with Gasteiger partial charge in [0.2, 0.25) is 9.76 Å². The average molecular weight is 214 g/mol. The summed E-state index contributed by atoms with van der Waals surface area (Å²) in [6.07, 6.45) is -4.97. The topological polar surface area (TPSA) is 26.3 Å². The van der Waals surface area contributed by atoms with E-state index < -0.39 is 28.3 Å². The summed E-state index contributed by atoms with van der Waals surface area (Å²) in [6.45, 7) is 3.31. The second kappa shape index (κ2) is 5.26. The molecule has 6 heteroatoms. The summed E-state index contributed by atoms with van der Waals surface area (Å²) in [7, 11) is -1.33. The first-order valence-electron chi connectivity index (χ1n) is 4.06. The lowest BCUT2D eigenvalue weighted by Gasteiger charge is -2.08. The maximum absolute atomic E-state index is 11.6. The zero-order chi connectivity index (χ0) is 10.5. The summed E-state index contributed by atoms with van der Waals surface area (Å²) in [6, 6.07) is -0.0258. The fraction of sp³-hybridized carbons (Fsp3) is 0.857. The minimum absolute atomic E-state index is 0.0258. The second-order valence-electron chi connectivity index (χ2n) is 3.04. The Balaban J connectivity index is 3.42. The Morgan fingerprint density at radius 3 is 2.38 bits per heavy atom. The molecule has 0 fully saturated rings. The molecule has 0 aromatic carbocycles. The summed E-state index contributed by atoms with van der Waals surface area (Å²) < 4.78 is 39.6. The van der Waals surface area contributed by atoms with Gasteiger partial charge in [-0.3, -0.25) is 4.79 Å². The number of carbonyl (C=O) groups is 1. The van der Waals surface area contributed by atoms with Gasteiger partial charge in [-0.2, -0.15) is 13.2 Å². The van der Waals surface area contributed by atoms with E-state index in [9.17, 15) is 18.0 Å². The summed E-state index contributed by atoms with van der Waals surface area (Å²) >= 11 is 0. The minimum atomic E-state index is -4.13. The highest BCUT2D eigenvalue weighted by atomic mass is 28.2. The van der Waals surface area contributed by atoms with E-state index in [1.165, 1.54) is 0 Å². The largest absolute Gasteiger partial charge is 0.525 e. The molecule has 0 aliphatic carbocycles. The molecule has 0 saturated heterocycles. The van der Waals surface area contributed by atoms with E-state index in [1.54, 1.807) is 13.8 Å². The maximum atomic E-state index is 11.6. The molecule has 0 N–H and O–H groups in total. The number of rotatable bonds is 4. The normalized spacial score (nSPS) is 12.8. The van der Waals surface area contributed by atoms with Crippen molar-refractivity contribution >= 4 is 15.7 Å². The van der Waals surface area contributed by atoms with Crippen molar-refractivity contribution in [3.05, 3.63) is 0 Å². The third kappa shape index (κ3) is 7.83. The smallest absolute Gasteiger partial charge is 0.388 e. The molecule has 0 rings (SSSR count). The Kier molecular flexibility index (Phi) is 5.05. The van der Waals surface area contributed by atoms with Crippen molar-refractivity contribution < 1.29 is 22.4 Å². The first-order chi connectivity index (χ1) is 5.83. The highest BCUT2D eigenvalue weighted by molar-refractivity contribution is 6.30. The molecule has 0 radical (unpaired) electrons. The highest BCUT2D eigenvalue weighted by Gasteiger charge is 2.26. The quantitative estimate of drug-likeness (QED) is 0.525. The molecule has 0 amide bonds. The Morgan fingerprint density at radius 2 is 2.00 bits per heavy atom. The third-order valence-electron chi connectivity index (χ3n) is 1.32. The SMILES string of the molecule is CC(C)C(=O)O[SiH2]CCC(F)(F)F. The number of hydrogen-bond donors (Lipinski definition) is 0. The summed E-state index contributed by atoms with van der Waals surface area (Å²) in [5.74, 6) is -0.646. The van der Waals surface area contributed by atoms with E-state index in [0.717, 1.165) is 0 Å². The Labute approximate surface area is 77.4 Å². The van der Waals surface area contributed by atoms with Crippen LogP contribution in [0.15, 0.2) is 0 Å². The first kappa shape index (κ1) is 12.5. The van der Waals surface area contributed by atoms with E-state index in [1.807, 2.05) is 0 Å². The van der Waals surface area contributed by atoms with Crippen LogP contribution in [-0.2, 0) is 9.22 Å². The van der Waals surface area contributed by atoms with Gasteiger partial charge in [0.15, 0.2) is 0 Å². The molecular formula is C7H13F3O2Si. The van der Waals surface area contributed by atoms with Crippen molar-refractivity contribution in [1.82, 2.24) is 0 Å². The molecule has 78 valence electrons. The second-order valence-corrected chi connectivity index (χ2v) is 4.44. The standard InChI is InChI=1S/C7H13F3O2Si/c1-5(2)6(11)12-13-4-3-7(8,9)10/h5H,3-4,13H2,1-2H3. The van der Waals surface area contributed by atoms with Crippen molar-refractivity contribution in [3.8, 4) is 0 Å². The molecule has 0 saturated carbocycles. The van der Waals surface area contributed by atoms with Gasteiger partial charge in [-0.1, -0.05) is 13.8 Å². The molecule has 2 nitrogen and oxygen atoms in total. The van der Waals surface area contributed by atoms with Crippen LogP contribution in [-0.4, -0.2) is 21.9 Å². The molecule has 0 bridgehead atoms. The fourth-order valence-electron chi connectivity index (χ4n) is 0.612. The van der Waals surface area contributed by atoms with Gasteiger partial charge in [0.1, 0.15) is 0 Å². The first-order valence-corrected chi connectivity index (χ1v) is 5.64. The minimum Gasteiger partial charge on any atom is -0.525 e. The lowest BCUT2D eigenvalue weighted by atomic mass is 10.2. The molecular weight excluding hydrogens is 201 g/mol.